The van der Waals surface area contributed by atoms with E-state index in [1.165, 1.54) is 6.33 Å². The Bertz CT molecular complexity index is 633. The van der Waals surface area contributed by atoms with Gasteiger partial charge in [0.15, 0.2) is 14.1 Å². The first-order chi connectivity index (χ1) is 9.13. The molecule has 0 aliphatic carbocycles. The van der Waals surface area contributed by atoms with Crippen LogP contribution in [0.25, 0.3) is 5.52 Å². The van der Waals surface area contributed by atoms with E-state index in [0.717, 1.165) is 5.56 Å². The maximum absolute atomic E-state index is 6.32. The largest absolute Gasteiger partial charge is 0.412 e. The average molecular weight is 313 g/mol. The molecule has 110 valence electrons. The predicted molar refractivity (Wildman–Crippen MR) is 84.4 cm³/mol. The molecule has 0 bridgehead atoms. The number of halogens is 1. The standard InChI is InChI=1S/C13H21ClN4OSi/c1-13(2,3)20(4,5)19-7-9-6-10-12(15)16-8-17-18(10)11(9)14/h6,8H,7H2,1-5H3,(H2,15,16,17). The summed E-state index contributed by atoms with van der Waals surface area (Å²) in [5.41, 5.74) is 7.43. The van der Waals surface area contributed by atoms with Crippen molar-refractivity contribution in [3.63, 3.8) is 0 Å². The number of aromatic nitrogens is 3. The minimum Gasteiger partial charge on any atom is -0.412 e. The number of nitrogens with two attached hydrogens (primary N) is 1. The lowest BCUT2D eigenvalue weighted by molar-refractivity contribution is 0.276. The second kappa shape index (κ2) is 5.02. The Hall–Kier alpha value is -1.11. The quantitative estimate of drug-likeness (QED) is 0.881. The highest BCUT2D eigenvalue weighted by Crippen LogP contribution is 2.37. The highest BCUT2D eigenvalue weighted by Gasteiger charge is 2.37. The van der Waals surface area contributed by atoms with Gasteiger partial charge in [-0.1, -0.05) is 32.4 Å². The van der Waals surface area contributed by atoms with Crippen LogP contribution in [0.5, 0.6) is 0 Å². The molecule has 2 aromatic heterocycles. The Kier molecular flexibility index (Phi) is 3.83. The fourth-order valence-corrected chi connectivity index (χ4v) is 2.80. The van der Waals surface area contributed by atoms with E-state index in [0.29, 0.717) is 23.1 Å². The van der Waals surface area contributed by atoms with Crippen molar-refractivity contribution in [3.8, 4) is 0 Å². The lowest BCUT2D eigenvalue weighted by atomic mass is 10.2. The van der Waals surface area contributed by atoms with E-state index in [1.807, 2.05) is 6.07 Å². The summed E-state index contributed by atoms with van der Waals surface area (Å²) < 4.78 is 7.77. The molecule has 0 aromatic carbocycles. The molecule has 0 amide bonds. The van der Waals surface area contributed by atoms with Crippen LogP contribution in [0.3, 0.4) is 0 Å². The molecule has 0 saturated heterocycles. The van der Waals surface area contributed by atoms with Crippen molar-refractivity contribution in [2.24, 2.45) is 0 Å². The SMILES string of the molecule is CC(C)(C)[Si](C)(C)OCc1cc2c(N)ncnn2c1Cl. The molecule has 5 nitrogen and oxygen atoms in total. The van der Waals surface area contributed by atoms with E-state index in [2.05, 4.69) is 43.9 Å². The predicted octanol–water partition coefficient (Wildman–Crippen LogP) is 3.49. The van der Waals surface area contributed by atoms with Gasteiger partial charge in [-0.25, -0.2) is 9.50 Å². The summed E-state index contributed by atoms with van der Waals surface area (Å²) >= 11 is 6.32. The lowest BCUT2D eigenvalue weighted by Crippen LogP contribution is -2.40. The fourth-order valence-electron chi connectivity index (χ4n) is 1.60. The molecule has 20 heavy (non-hydrogen) atoms. The van der Waals surface area contributed by atoms with E-state index in [4.69, 9.17) is 21.8 Å². The molecule has 0 saturated carbocycles. The summed E-state index contributed by atoms with van der Waals surface area (Å²) in [5, 5.41) is 4.80. The van der Waals surface area contributed by atoms with Gasteiger partial charge in [0, 0.05) is 5.56 Å². The highest BCUT2D eigenvalue weighted by molar-refractivity contribution is 6.74. The molecule has 0 atom stereocenters. The molecule has 0 aliphatic rings. The van der Waals surface area contributed by atoms with E-state index in [1.54, 1.807) is 4.52 Å². The van der Waals surface area contributed by atoms with Gasteiger partial charge in [-0.3, -0.25) is 0 Å². The lowest BCUT2D eigenvalue weighted by Gasteiger charge is -2.36. The van der Waals surface area contributed by atoms with Crippen LogP contribution in [0, 0.1) is 0 Å². The molecular weight excluding hydrogens is 292 g/mol. The Morgan fingerprint density at radius 1 is 1.40 bits per heavy atom. The first-order valence-corrected chi connectivity index (χ1v) is 9.82. The Morgan fingerprint density at radius 2 is 2.05 bits per heavy atom. The molecule has 2 aromatic rings. The summed E-state index contributed by atoms with van der Waals surface area (Å²) in [6.45, 7) is 11.5. The topological polar surface area (TPSA) is 65.4 Å². The van der Waals surface area contributed by atoms with Gasteiger partial charge in [0.1, 0.15) is 17.0 Å². The number of rotatable bonds is 3. The molecular formula is C13H21ClN4OSi. The zero-order valence-corrected chi connectivity index (χ0v) is 14.3. The van der Waals surface area contributed by atoms with Crippen LogP contribution in [0.2, 0.25) is 23.3 Å². The van der Waals surface area contributed by atoms with Crippen molar-refractivity contribution < 1.29 is 4.43 Å². The number of anilines is 1. The van der Waals surface area contributed by atoms with Crippen LogP contribution in [0.4, 0.5) is 5.82 Å². The van der Waals surface area contributed by atoms with Crippen LogP contribution in [0.15, 0.2) is 12.4 Å². The minimum atomic E-state index is -1.81. The zero-order chi connectivity index (χ0) is 15.1. The third-order valence-electron chi connectivity index (χ3n) is 4.01. The van der Waals surface area contributed by atoms with Gasteiger partial charge < -0.3 is 10.2 Å². The van der Waals surface area contributed by atoms with Gasteiger partial charge in [-0.05, 0) is 24.2 Å². The first kappa shape index (κ1) is 15.3. The van der Waals surface area contributed by atoms with Crippen LogP contribution in [-0.2, 0) is 11.0 Å². The van der Waals surface area contributed by atoms with Crippen molar-refractivity contribution in [1.82, 2.24) is 14.6 Å². The van der Waals surface area contributed by atoms with Gasteiger partial charge >= 0.3 is 0 Å². The van der Waals surface area contributed by atoms with Crippen molar-refractivity contribution >= 4 is 31.3 Å². The average Bonchev–Trinajstić information content (AvgIpc) is 2.65. The number of nitrogens with zero attached hydrogens (tertiary/aromatic N) is 3. The summed E-state index contributed by atoms with van der Waals surface area (Å²) in [6, 6.07) is 1.89. The van der Waals surface area contributed by atoms with Gasteiger partial charge in [0.25, 0.3) is 0 Å². The molecule has 0 aliphatic heterocycles. The normalized spacial score (nSPS) is 13.1. The van der Waals surface area contributed by atoms with Gasteiger partial charge in [-0.2, -0.15) is 5.10 Å². The Balaban J connectivity index is 2.28. The Morgan fingerprint density at radius 3 is 2.60 bits per heavy atom. The van der Waals surface area contributed by atoms with Crippen LogP contribution in [0.1, 0.15) is 26.3 Å². The number of hydrogen-bond acceptors (Lipinski definition) is 4. The van der Waals surface area contributed by atoms with Crippen molar-refractivity contribution in [3.05, 3.63) is 23.1 Å². The van der Waals surface area contributed by atoms with E-state index in [9.17, 15) is 0 Å². The van der Waals surface area contributed by atoms with Crippen LogP contribution < -0.4 is 5.73 Å². The van der Waals surface area contributed by atoms with E-state index in [-0.39, 0.29) is 5.04 Å². The number of fused-ring (bicyclic) bond motifs is 1. The van der Waals surface area contributed by atoms with E-state index < -0.39 is 8.32 Å². The molecule has 0 unspecified atom stereocenters. The monoisotopic (exact) mass is 312 g/mol. The van der Waals surface area contributed by atoms with Gasteiger partial charge in [0.2, 0.25) is 0 Å². The second-order valence-electron chi connectivity index (χ2n) is 6.45. The molecule has 0 fully saturated rings. The van der Waals surface area contributed by atoms with Crippen molar-refractivity contribution in [2.45, 2.75) is 45.5 Å². The molecule has 0 radical (unpaired) electrons. The summed E-state index contributed by atoms with van der Waals surface area (Å²) in [5.74, 6) is 0.417. The number of hydrogen-bond donors (Lipinski definition) is 1. The summed E-state index contributed by atoms with van der Waals surface area (Å²) in [6.07, 6.45) is 1.40. The summed E-state index contributed by atoms with van der Waals surface area (Å²) in [4.78, 5) is 3.96. The third kappa shape index (κ3) is 2.68. The molecule has 2 rings (SSSR count). The molecule has 2 N–H and O–H groups in total. The second-order valence-corrected chi connectivity index (χ2v) is 11.6. The maximum Gasteiger partial charge on any atom is 0.192 e. The van der Waals surface area contributed by atoms with Crippen LogP contribution >= 0.6 is 11.6 Å². The maximum atomic E-state index is 6.32. The highest BCUT2D eigenvalue weighted by atomic mass is 35.5. The zero-order valence-electron chi connectivity index (χ0n) is 12.6. The van der Waals surface area contributed by atoms with E-state index >= 15 is 0 Å². The number of nitrogen functional groups attached to an aromatic ring is 1. The molecule has 7 heteroatoms. The van der Waals surface area contributed by atoms with Crippen molar-refractivity contribution in [2.75, 3.05) is 5.73 Å². The molecule has 2 heterocycles. The van der Waals surface area contributed by atoms with Crippen LogP contribution in [-0.4, -0.2) is 22.9 Å². The third-order valence-corrected chi connectivity index (χ3v) is 8.89. The fraction of sp³-hybridized carbons (Fsp3) is 0.538. The smallest absolute Gasteiger partial charge is 0.192 e. The Labute approximate surface area is 125 Å². The first-order valence-electron chi connectivity index (χ1n) is 6.54. The summed E-state index contributed by atoms with van der Waals surface area (Å²) in [7, 11) is -1.81. The van der Waals surface area contributed by atoms with Crippen molar-refractivity contribution in [1.29, 1.82) is 0 Å². The van der Waals surface area contributed by atoms with Gasteiger partial charge in [0.05, 0.1) is 6.61 Å². The molecule has 0 spiro atoms. The van der Waals surface area contributed by atoms with Gasteiger partial charge in [-0.15, -0.1) is 0 Å². The minimum absolute atomic E-state index is 0.164.